The highest BCUT2D eigenvalue weighted by molar-refractivity contribution is 5.87. The molecule has 7 heteroatoms. The minimum absolute atomic E-state index is 0.0988. The molecule has 0 spiro atoms. The van der Waals surface area contributed by atoms with Gasteiger partial charge in [0.05, 0.1) is 6.54 Å². The number of carbonyl (C=O) groups excluding carboxylic acids is 2. The number of aryl methyl sites for hydroxylation is 1. The van der Waals surface area contributed by atoms with Gasteiger partial charge in [0, 0.05) is 26.9 Å². The Hall–Kier alpha value is -2.70. The summed E-state index contributed by atoms with van der Waals surface area (Å²) in [7, 11) is 1.82. The van der Waals surface area contributed by atoms with Crippen molar-refractivity contribution in [1.82, 2.24) is 25.0 Å². The van der Waals surface area contributed by atoms with Crippen LogP contribution in [0.15, 0.2) is 30.6 Å². The van der Waals surface area contributed by atoms with Gasteiger partial charge in [0.15, 0.2) is 5.82 Å². The van der Waals surface area contributed by atoms with Crippen LogP contribution in [0.2, 0.25) is 0 Å². The molecule has 2 amide bonds. The van der Waals surface area contributed by atoms with Gasteiger partial charge in [-0.3, -0.25) is 9.59 Å². The van der Waals surface area contributed by atoms with E-state index in [-0.39, 0.29) is 11.8 Å². The predicted molar refractivity (Wildman–Crippen MR) is 83.0 cm³/mol. The first kappa shape index (κ1) is 15.2. The van der Waals surface area contributed by atoms with Gasteiger partial charge in [-0.2, -0.15) is 0 Å². The van der Waals surface area contributed by atoms with Gasteiger partial charge in [-0.15, -0.1) is 10.2 Å². The van der Waals surface area contributed by atoms with E-state index in [1.165, 1.54) is 6.92 Å². The van der Waals surface area contributed by atoms with E-state index >= 15 is 0 Å². The maximum Gasteiger partial charge on any atom is 0.243 e. The number of rotatable bonds is 3. The fraction of sp³-hybridized carbons (Fsp3) is 0.375. The van der Waals surface area contributed by atoms with Crippen molar-refractivity contribution < 1.29 is 9.59 Å². The second-order valence-corrected chi connectivity index (χ2v) is 5.71. The molecule has 0 fully saturated rings. The van der Waals surface area contributed by atoms with E-state index in [9.17, 15) is 9.59 Å². The summed E-state index contributed by atoms with van der Waals surface area (Å²) in [5.74, 6) is 0.403. The van der Waals surface area contributed by atoms with Gasteiger partial charge in [-0.25, -0.2) is 0 Å². The van der Waals surface area contributed by atoms with E-state index in [2.05, 4.69) is 15.5 Å². The molecule has 7 nitrogen and oxygen atoms in total. The lowest BCUT2D eigenvalue weighted by Gasteiger charge is -2.35. The molecule has 120 valence electrons. The van der Waals surface area contributed by atoms with Crippen molar-refractivity contribution in [2.75, 3.05) is 0 Å². The number of aromatic nitrogens is 3. The molecule has 1 N–H and O–H groups in total. The number of carbonyl (C=O) groups is 2. The molecule has 1 atom stereocenters. The first-order chi connectivity index (χ1) is 11.1. The van der Waals surface area contributed by atoms with Crippen molar-refractivity contribution in [1.29, 1.82) is 0 Å². The van der Waals surface area contributed by atoms with E-state index in [4.69, 9.17) is 0 Å². The number of hydrogen-bond acceptors (Lipinski definition) is 4. The normalized spacial score (nSPS) is 16.8. The van der Waals surface area contributed by atoms with Crippen molar-refractivity contribution in [3.05, 3.63) is 47.5 Å². The Kier molecular flexibility index (Phi) is 4.10. The number of benzene rings is 1. The standard InChI is InChI=1S/C16H19N5O2/c1-11(22)21-9-13-6-4-3-5-12(13)7-14(21)16(23)17-8-15-19-18-10-20(15)2/h3-6,10,14H,7-9H2,1-2H3,(H,17,23)/t14-/m0/s1. The third-order valence-corrected chi connectivity index (χ3v) is 4.18. The molecule has 0 saturated heterocycles. The van der Waals surface area contributed by atoms with Crippen molar-refractivity contribution in [2.24, 2.45) is 7.05 Å². The Morgan fingerprint density at radius 2 is 2.04 bits per heavy atom. The first-order valence-corrected chi connectivity index (χ1v) is 7.51. The van der Waals surface area contributed by atoms with Crippen LogP contribution >= 0.6 is 0 Å². The molecular formula is C16H19N5O2. The second kappa shape index (κ2) is 6.20. The molecule has 2 aromatic rings. The van der Waals surface area contributed by atoms with Crippen molar-refractivity contribution in [2.45, 2.75) is 32.5 Å². The lowest BCUT2D eigenvalue weighted by atomic mass is 9.93. The van der Waals surface area contributed by atoms with Gasteiger partial charge in [0.1, 0.15) is 12.4 Å². The lowest BCUT2D eigenvalue weighted by Crippen LogP contribution is -2.51. The minimum atomic E-state index is -0.490. The molecule has 1 aliphatic heterocycles. The summed E-state index contributed by atoms with van der Waals surface area (Å²) >= 11 is 0. The Balaban J connectivity index is 1.75. The van der Waals surface area contributed by atoms with Gasteiger partial charge >= 0.3 is 0 Å². The molecular weight excluding hydrogens is 294 g/mol. The van der Waals surface area contributed by atoms with Gasteiger partial charge in [0.2, 0.25) is 11.8 Å². The van der Waals surface area contributed by atoms with Gasteiger partial charge in [-0.1, -0.05) is 24.3 Å². The average molecular weight is 313 g/mol. The molecule has 0 radical (unpaired) electrons. The van der Waals surface area contributed by atoms with Crippen LogP contribution in [0, 0.1) is 0 Å². The second-order valence-electron chi connectivity index (χ2n) is 5.71. The van der Waals surface area contributed by atoms with Crippen LogP contribution in [-0.2, 0) is 36.1 Å². The van der Waals surface area contributed by atoms with Crippen molar-refractivity contribution >= 4 is 11.8 Å². The zero-order chi connectivity index (χ0) is 16.4. The predicted octanol–water partition coefficient (Wildman–Crippen LogP) is 0.405. The maximum atomic E-state index is 12.6. The van der Waals surface area contributed by atoms with E-state index in [1.807, 2.05) is 31.3 Å². The lowest BCUT2D eigenvalue weighted by molar-refractivity contribution is -0.140. The van der Waals surface area contributed by atoms with Crippen LogP contribution in [0.3, 0.4) is 0 Å². The summed E-state index contributed by atoms with van der Waals surface area (Å²) < 4.78 is 1.75. The number of hydrogen-bond donors (Lipinski definition) is 1. The summed E-state index contributed by atoms with van der Waals surface area (Å²) in [6, 6.07) is 7.42. The van der Waals surface area contributed by atoms with Crippen LogP contribution in [-0.4, -0.2) is 37.5 Å². The molecule has 0 bridgehead atoms. The van der Waals surface area contributed by atoms with E-state index in [0.717, 1.165) is 11.1 Å². The summed E-state index contributed by atoms with van der Waals surface area (Å²) in [6.07, 6.45) is 2.11. The molecule has 23 heavy (non-hydrogen) atoms. The Labute approximate surface area is 134 Å². The highest BCUT2D eigenvalue weighted by Crippen LogP contribution is 2.23. The van der Waals surface area contributed by atoms with E-state index < -0.39 is 6.04 Å². The molecule has 0 aliphatic carbocycles. The van der Waals surface area contributed by atoms with Crippen molar-refractivity contribution in [3.63, 3.8) is 0 Å². The number of amides is 2. The zero-order valence-corrected chi connectivity index (χ0v) is 13.2. The third-order valence-electron chi connectivity index (χ3n) is 4.18. The molecule has 3 rings (SSSR count). The summed E-state index contributed by atoms with van der Waals surface area (Å²) in [5, 5.41) is 10.6. The summed E-state index contributed by atoms with van der Waals surface area (Å²) in [6.45, 7) is 2.25. The zero-order valence-electron chi connectivity index (χ0n) is 13.2. The van der Waals surface area contributed by atoms with E-state index in [0.29, 0.717) is 25.3 Å². The molecule has 1 aromatic heterocycles. The van der Waals surface area contributed by atoms with Gasteiger partial charge < -0.3 is 14.8 Å². The first-order valence-electron chi connectivity index (χ1n) is 7.51. The fourth-order valence-corrected chi connectivity index (χ4v) is 2.84. The van der Waals surface area contributed by atoms with Crippen LogP contribution in [0.5, 0.6) is 0 Å². The molecule has 0 saturated carbocycles. The molecule has 2 heterocycles. The minimum Gasteiger partial charge on any atom is -0.347 e. The highest BCUT2D eigenvalue weighted by Gasteiger charge is 2.32. The van der Waals surface area contributed by atoms with Gasteiger partial charge in [0.25, 0.3) is 0 Å². The fourth-order valence-electron chi connectivity index (χ4n) is 2.84. The van der Waals surface area contributed by atoms with Gasteiger partial charge in [-0.05, 0) is 11.1 Å². The Morgan fingerprint density at radius 3 is 2.70 bits per heavy atom. The number of nitrogens with zero attached hydrogens (tertiary/aromatic N) is 4. The van der Waals surface area contributed by atoms with Crippen LogP contribution in [0.4, 0.5) is 0 Å². The average Bonchev–Trinajstić information content (AvgIpc) is 2.96. The largest absolute Gasteiger partial charge is 0.347 e. The SMILES string of the molecule is CC(=O)N1Cc2ccccc2C[C@H]1C(=O)NCc1nncn1C. The number of fused-ring (bicyclic) bond motifs is 1. The number of nitrogens with one attached hydrogen (secondary N) is 1. The topological polar surface area (TPSA) is 80.1 Å². The van der Waals surface area contributed by atoms with Crippen molar-refractivity contribution in [3.8, 4) is 0 Å². The third kappa shape index (κ3) is 3.08. The Bertz CT molecular complexity index is 740. The van der Waals surface area contributed by atoms with Crippen LogP contribution in [0.25, 0.3) is 0 Å². The smallest absolute Gasteiger partial charge is 0.243 e. The highest BCUT2D eigenvalue weighted by atomic mass is 16.2. The van der Waals surface area contributed by atoms with Crippen LogP contribution < -0.4 is 5.32 Å². The monoisotopic (exact) mass is 313 g/mol. The molecule has 1 aromatic carbocycles. The van der Waals surface area contributed by atoms with E-state index in [1.54, 1.807) is 15.8 Å². The summed E-state index contributed by atoms with van der Waals surface area (Å²) in [5.41, 5.74) is 2.21. The molecule has 1 aliphatic rings. The maximum absolute atomic E-state index is 12.6. The molecule has 0 unspecified atom stereocenters. The summed E-state index contributed by atoms with van der Waals surface area (Å²) in [4.78, 5) is 26.1. The quantitative estimate of drug-likeness (QED) is 0.890. The van der Waals surface area contributed by atoms with Crippen LogP contribution in [0.1, 0.15) is 23.9 Å². The Morgan fingerprint density at radius 1 is 1.30 bits per heavy atom.